The van der Waals surface area contributed by atoms with E-state index in [0.717, 1.165) is 5.56 Å². The molecule has 12 heavy (non-hydrogen) atoms. The fraction of sp³-hybridized carbons (Fsp3) is 0.444. The second-order valence-corrected chi connectivity index (χ2v) is 3.63. The van der Waals surface area contributed by atoms with Crippen molar-refractivity contribution in [3.05, 3.63) is 28.5 Å². The summed E-state index contributed by atoms with van der Waals surface area (Å²) in [5.41, 5.74) is 2.08. The molecule has 0 aliphatic heterocycles. The number of halogens is 2. The van der Waals surface area contributed by atoms with Gasteiger partial charge >= 0.3 is 0 Å². The van der Waals surface area contributed by atoms with Crippen molar-refractivity contribution < 1.29 is 0 Å². The van der Waals surface area contributed by atoms with Gasteiger partial charge in [-0.2, -0.15) is 0 Å². The Morgan fingerprint density at radius 3 is 2.67 bits per heavy atom. The maximum atomic E-state index is 5.81. The largest absolute Gasteiger partial charge is 0.244 e. The summed E-state index contributed by atoms with van der Waals surface area (Å²) < 4.78 is 0. The van der Waals surface area contributed by atoms with Crippen LogP contribution in [0.2, 0.25) is 5.15 Å². The quantitative estimate of drug-likeness (QED) is 0.529. The number of aromatic nitrogens is 1. The Morgan fingerprint density at radius 1 is 1.50 bits per heavy atom. The van der Waals surface area contributed by atoms with Crippen molar-refractivity contribution >= 4 is 23.2 Å². The van der Waals surface area contributed by atoms with Crippen LogP contribution >= 0.6 is 23.2 Å². The lowest BCUT2D eigenvalue weighted by Crippen LogP contribution is -1.92. The van der Waals surface area contributed by atoms with Gasteiger partial charge < -0.3 is 0 Å². The Hall–Kier alpha value is -0.270. The van der Waals surface area contributed by atoms with Gasteiger partial charge in [-0.3, -0.25) is 0 Å². The molecule has 0 fully saturated rings. The van der Waals surface area contributed by atoms with Crippen LogP contribution in [0.1, 0.15) is 30.9 Å². The molecule has 0 saturated heterocycles. The lowest BCUT2D eigenvalue weighted by molar-refractivity contribution is 0.855. The minimum absolute atomic E-state index is 0.423. The van der Waals surface area contributed by atoms with Gasteiger partial charge in [0, 0.05) is 11.8 Å². The Morgan fingerprint density at radius 2 is 2.17 bits per heavy atom. The molecule has 0 aliphatic rings. The van der Waals surface area contributed by atoms with Gasteiger partial charge in [0.15, 0.2) is 0 Å². The maximum Gasteiger partial charge on any atom is 0.133 e. The smallest absolute Gasteiger partial charge is 0.133 e. The van der Waals surface area contributed by atoms with Gasteiger partial charge in [-0.25, -0.2) is 4.98 Å². The predicted molar refractivity (Wildman–Crippen MR) is 52.9 cm³/mol. The van der Waals surface area contributed by atoms with Gasteiger partial charge in [-0.15, -0.1) is 11.6 Å². The van der Waals surface area contributed by atoms with Crippen LogP contribution in [-0.4, -0.2) is 4.98 Å². The highest BCUT2D eigenvalue weighted by Crippen LogP contribution is 2.20. The minimum Gasteiger partial charge on any atom is -0.244 e. The first-order chi connectivity index (χ1) is 5.65. The average molecular weight is 204 g/mol. The molecule has 1 nitrogen and oxygen atoms in total. The first-order valence-electron chi connectivity index (χ1n) is 3.85. The molecule has 1 aromatic rings. The summed E-state index contributed by atoms with van der Waals surface area (Å²) in [4.78, 5) is 4.05. The zero-order chi connectivity index (χ0) is 9.14. The molecular formula is C9H11Cl2N. The van der Waals surface area contributed by atoms with Crippen molar-refractivity contribution in [1.82, 2.24) is 4.98 Å². The lowest BCUT2D eigenvalue weighted by Gasteiger charge is -2.06. The van der Waals surface area contributed by atoms with E-state index in [0.29, 0.717) is 17.0 Å². The van der Waals surface area contributed by atoms with Crippen molar-refractivity contribution in [3.8, 4) is 0 Å². The third-order valence-corrected chi connectivity index (χ3v) is 2.37. The van der Waals surface area contributed by atoms with Gasteiger partial charge in [-0.05, 0) is 17.5 Å². The van der Waals surface area contributed by atoms with Crippen molar-refractivity contribution in [1.29, 1.82) is 0 Å². The normalized spacial score (nSPS) is 10.8. The molecule has 0 unspecified atom stereocenters. The topological polar surface area (TPSA) is 12.9 Å². The van der Waals surface area contributed by atoms with Gasteiger partial charge in [0.1, 0.15) is 5.15 Å². The monoisotopic (exact) mass is 203 g/mol. The summed E-state index contributed by atoms with van der Waals surface area (Å²) in [6.07, 6.45) is 1.79. The van der Waals surface area contributed by atoms with Crippen LogP contribution in [0.5, 0.6) is 0 Å². The van der Waals surface area contributed by atoms with E-state index in [2.05, 4.69) is 18.8 Å². The molecule has 66 valence electrons. The summed E-state index contributed by atoms with van der Waals surface area (Å²) in [6.45, 7) is 4.23. The second kappa shape index (κ2) is 4.11. The van der Waals surface area contributed by atoms with Gasteiger partial charge in [0.05, 0.1) is 5.88 Å². The van der Waals surface area contributed by atoms with Gasteiger partial charge in [0.25, 0.3) is 0 Å². The summed E-state index contributed by atoms with van der Waals surface area (Å²) in [5, 5.41) is 0.509. The molecule has 0 saturated carbocycles. The highest BCUT2D eigenvalue weighted by atomic mass is 35.5. The number of rotatable bonds is 2. The van der Waals surface area contributed by atoms with E-state index in [1.807, 2.05) is 6.07 Å². The number of hydrogen-bond acceptors (Lipinski definition) is 1. The molecule has 1 rings (SSSR count). The summed E-state index contributed by atoms with van der Waals surface area (Å²) >= 11 is 11.5. The molecule has 0 spiro atoms. The van der Waals surface area contributed by atoms with Crippen LogP contribution in [0.15, 0.2) is 12.3 Å². The fourth-order valence-electron chi connectivity index (χ4n) is 0.922. The van der Waals surface area contributed by atoms with Gasteiger partial charge in [-0.1, -0.05) is 25.4 Å². The molecule has 0 amide bonds. The average Bonchev–Trinajstić information content (AvgIpc) is 2.05. The van der Waals surface area contributed by atoms with E-state index in [-0.39, 0.29) is 0 Å². The van der Waals surface area contributed by atoms with Crippen LogP contribution in [0.4, 0.5) is 0 Å². The van der Waals surface area contributed by atoms with Crippen molar-refractivity contribution in [2.45, 2.75) is 25.6 Å². The molecule has 1 aromatic heterocycles. The Balaban J connectivity index is 3.05. The number of nitrogens with zero attached hydrogens (tertiary/aromatic N) is 1. The summed E-state index contributed by atoms with van der Waals surface area (Å²) in [6, 6.07) is 2.01. The molecule has 0 aliphatic carbocycles. The van der Waals surface area contributed by atoms with Crippen LogP contribution < -0.4 is 0 Å². The van der Waals surface area contributed by atoms with Gasteiger partial charge in [0.2, 0.25) is 0 Å². The van der Waals surface area contributed by atoms with E-state index in [1.54, 1.807) is 6.20 Å². The van der Waals surface area contributed by atoms with Crippen LogP contribution in [-0.2, 0) is 5.88 Å². The van der Waals surface area contributed by atoms with E-state index in [1.165, 1.54) is 5.56 Å². The lowest BCUT2D eigenvalue weighted by atomic mass is 10.0. The van der Waals surface area contributed by atoms with Crippen LogP contribution in [0.25, 0.3) is 0 Å². The minimum atomic E-state index is 0.423. The number of hydrogen-bond donors (Lipinski definition) is 0. The molecule has 0 aromatic carbocycles. The highest BCUT2D eigenvalue weighted by Gasteiger charge is 2.04. The molecule has 3 heteroatoms. The van der Waals surface area contributed by atoms with E-state index >= 15 is 0 Å². The third-order valence-electron chi connectivity index (χ3n) is 1.74. The van der Waals surface area contributed by atoms with E-state index in [4.69, 9.17) is 23.2 Å². The Kier molecular flexibility index (Phi) is 3.36. The molecule has 0 N–H and O–H groups in total. The summed E-state index contributed by atoms with van der Waals surface area (Å²) in [7, 11) is 0. The van der Waals surface area contributed by atoms with Crippen LogP contribution in [0.3, 0.4) is 0 Å². The van der Waals surface area contributed by atoms with E-state index in [9.17, 15) is 0 Å². The molecule has 1 heterocycles. The fourth-order valence-corrected chi connectivity index (χ4v) is 1.36. The molecule has 0 radical (unpaired) electrons. The maximum absolute atomic E-state index is 5.81. The van der Waals surface area contributed by atoms with Crippen LogP contribution in [0, 0.1) is 0 Å². The second-order valence-electron chi connectivity index (χ2n) is 3.01. The molecule has 0 atom stereocenters. The van der Waals surface area contributed by atoms with Crippen molar-refractivity contribution in [2.75, 3.05) is 0 Å². The van der Waals surface area contributed by atoms with Crippen molar-refractivity contribution in [2.24, 2.45) is 0 Å². The zero-order valence-corrected chi connectivity index (χ0v) is 8.65. The molecular weight excluding hydrogens is 193 g/mol. The third kappa shape index (κ3) is 2.11. The SMILES string of the molecule is CC(C)c1cnc(Cl)c(CCl)c1. The predicted octanol–water partition coefficient (Wildman–Crippen LogP) is 3.60. The highest BCUT2D eigenvalue weighted by molar-refractivity contribution is 6.31. The Bertz CT molecular complexity index is 271. The first kappa shape index (κ1) is 9.82. The van der Waals surface area contributed by atoms with Crippen molar-refractivity contribution in [3.63, 3.8) is 0 Å². The number of alkyl halides is 1. The number of pyridine rings is 1. The summed E-state index contributed by atoms with van der Waals surface area (Å²) in [5.74, 6) is 0.892. The van der Waals surface area contributed by atoms with E-state index < -0.39 is 0 Å². The standard InChI is InChI=1S/C9H11Cl2N/c1-6(2)8-3-7(4-10)9(11)12-5-8/h3,5-6H,4H2,1-2H3. The first-order valence-corrected chi connectivity index (χ1v) is 4.76. The molecule has 0 bridgehead atoms. The Labute approximate surface area is 82.7 Å². The zero-order valence-electron chi connectivity index (χ0n) is 7.14.